The van der Waals surface area contributed by atoms with Crippen molar-refractivity contribution in [2.75, 3.05) is 11.9 Å². The first kappa shape index (κ1) is 16.3. The summed E-state index contributed by atoms with van der Waals surface area (Å²) in [6.07, 6.45) is -0.777. The third kappa shape index (κ3) is 3.56. The van der Waals surface area contributed by atoms with Crippen molar-refractivity contribution in [3.63, 3.8) is 0 Å². The van der Waals surface area contributed by atoms with Crippen LogP contribution in [0.3, 0.4) is 0 Å². The van der Waals surface area contributed by atoms with Crippen molar-refractivity contribution in [1.82, 2.24) is 4.90 Å². The number of rotatable bonds is 2. The molecule has 0 bridgehead atoms. The molecule has 1 heterocycles. The van der Waals surface area contributed by atoms with Crippen LogP contribution in [0.2, 0.25) is 0 Å². The molecule has 6 nitrogen and oxygen atoms in total. The van der Waals surface area contributed by atoms with E-state index < -0.39 is 24.1 Å². The van der Waals surface area contributed by atoms with Crippen molar-refractivity contribution in [3.05, 3.63) is 26.6 Å². The maximum absolute atomic E-state index is 12.3. The number of carbonyl (C=O) groups excluding carboxylic acids is 1. The Morgan fingerprint density at radius 1 is 1.33 bits per heavy atom. The van der Waals surface area contributed by atoms with E-state index in [1.54, 1.807) is 0 Å². The minimum atomic E-state index is -1.12. The Balaban J connectivity index is 2.20. The van der Waals surface area contributed by atoms with Crippen LogP contribution in [-0.2, 0) is 4.79 Å². The molecule has 0 spiro atoms. The van der Waals surface area contributed by atoms with Gasteiger partial charge in [-0.15, -0.1) is 0 Å². The van der Waals surface area contributed by atoms with Gasteiger partial charge in [0.05, 0.1) is 11.8 Å². The van der Waals surface area contributed by atoms with E-state index >= 15 is 0 Å². The molecule has 0 aromatic heterocycles. The van der Waals surface area contributed by atoms with Crippen LogP contribution in [0, 0.1) is 6.92 Å². The number of halogens is 2. The van der Waals surface area contributed by atoms with Crippen LogP contribution in [0.15, 0.2) is 21.1 Å². The molecule has 21 heavy (non-hydrogen) atoms. The molecule has 0 saturated carbocycles. The topological polar surface area (TPSA) is 89.9 Å². The predicted molar refractivity (Wildman–Crippen MR) is 84.4 cm³/mol. The second-order valence-electron chi connectivity index (χ2n) is 4.93. The summed E-state index contributed by atoms with van der Waals surface area (Å²) in [7, 11) is 0. The molecule has 8 heteroatoms. The first-order chi connectivity index (χ1) is 9.79. The summed E-state index contributed by atoms with van der Waals surface area (Å²) >= 11 is 6.72. The number of β-amino-alcohol motifs (C(OH)–C–C–N with tert-alkyl or cyclic N) is 1. The Morgan fingerprint density at radius 3 is 2.43 bits per heavy atom. The molecule has 2 amide bonds. The molecule has 0 aliphatic carbocycles. The number of carboxylic acid groups (broad SMARTS) is 1. The fourth-order valence-electron chi connectivity index (χ4n) is 2.27. The maximum Gasteiger partial charge on any atom is 0.326 e. The summed E-state index contributed by atoms with van der Waals surface area (Å²) in [6, 6.07) is 2.12. The summed E-state index contributed by atoms with van der Waals surface area (Å²) in [6.45, 7) is 1.92. The number of aryl methyl sites for hydroxylation is 1. The molecule has 1 saturated heterocycles. The van der Waals surface area contributed by atoms with Crippen molar-refractivity contribution >= 4 is 49.5 Å². The number of benzene rings is 1. The molecule has 1 aliphatic rings. The molecule has 3 N–H and O–H groups in total. The van der Waals surface area contributed by atoms with Gasteiger partial charge >= 0.3 is 12.0 Å². The third-order valence-electron chi connectivity index (χ3n) is 3.24. The number of hydrogen-bond acceptors (Lipinski definition) is 3. The van der Waals surface area contributed by atoms with Gasteiger partial charge in [0.25, 0.3) is 0 Å². The van der Waals surface area contributed by atoms with Gasteiger partial charge in [0.1, 0.15) is 6.04 Å². The number of carboxylic acids is 1. The summed E-state index contributed by atoms with van der Waals surface area (Å²) in [4.78, 5) is 24.5. The highest BCUT2D eigenvalue weighted by atomic mass is 79.9. The normalized spacial score (nSPS) is 21.4. The Bertz CT molecular complexity index is 571. The summed E-state index contributed by atoms with van der Waals surface area (Å²) in [5, 5.41) is 21.4. The number of anilines is 1. The molecular formula is C13H14Br2N2O4. The summed E-state index contributed by atoms with van der Waals surface area (Å²) in [5.41, 5.74) is 1.53. The van der Waals surface area contributed by atoms with Gasteiger partial charge in [0, 0.05) is 21.9 Å². The van der Waals surface area contributed by atoms with E-state index in [0.717, 1.165) is 10.5 Å². The lowest BCUT2D eigenvalue weighted by atomic mass is 10.2. The van der Waals surface area contributed by atoms with Gasteiger partial charge in [-0.3, -0.25) is 0 Å². The SMILES string of the molecule is Cc1cc(Br)c(NC(=O)N2C[C@H](O)C[C@@H]2C(=O)O)c(Br)c1. The average molecular weight is 422 g/mol. The van der Waals surface area contributed by atoms with E-state index in [9.17, 15) is 14.7 Å². The van der Waals surface area contributed by atoms with Crippen LogP contribution >= 0.6 is 31.9 Å². The van der Waals surface area contributed by atoms with Gasteiger partial charge < -0.3 is 20.4 Å². The van der Waals surface area contributed by atoms with E-state index in [1.807, 2.05) is 19.1 Å². The molecule has 2 atom stereocenters. The minimum Gasteiger partial charge on any atom is -0.480 e. The van der Waals surface area contributed by atoms with E-state index in [4.69, 9.17) is 5.11 Å². The van der Waals surface area contributed by atoms with Gasteiger partial charge in [-0.25, -0.2) is 9.59 Å². The van der Waals surface area contributed by atoms with Crippen LogP contribution in [0.4, 0.5) is 10.5 Å². The van der Waals surface area contributed by atoms with E-state index in [1.165, 1.54) is 0 Å². The Morgan fingerprint density at radius 2 is 1.90 bits per heavy atom. The van der Waals surface area contributed by atoms with Crippen LogP contribution in [-0.4, -0.2) is 45.8 Å². The van der Waals surface area contributed by atoms with Gasteiger partial charge in [-0.1, -0.05) is 0 Å². The summed E-state index contributed by atoms with van der Waals surface area (Å²) in [5.74, 6) is -1.12. The number of aliphatic hydroxyl groups excluding tert-OH is 1. The average Bonchev–Trinajstić information content (AvgIpc) is 2.76. The van der Waals surface area contributed by atoms with Crippen LogP contribution in [0.5, 0.6) is 0 Å². The third-order valence-corrected chi connectivity index (χ3v) is 4.49. The van der Waals surface area contributed by atoms with E-state index in [-0.39, 0.29) is 13.0 Å². The predicted octanol–water partition coefficient (Wildman–Crippen LogP) is 2.57. The number of amides is 2. The maximum atomic E-state index is 12.3. The lowest BCUT2D eigenvalue weighted by Crippen LogP contribution is -2.43. The lowest BCUT2D eigenvalue weighted by Gasteiger charge is -2.22. The monoisotopic (exact) mass is 420 g/mol. The molecule has 0 radical (unpaired) electrons. The quantitative estimate of drug-likeness (QED) is 0.684. The van der Waals surface area contributed by atoms with Gasteiger partial charge in [-0.2, -0.15) is 0 Å². The van der Waals surface area contributed by atoms with Crippen LogP contribution < -0.4 is 5.32 Å². The highest BCUT2D eigenvalue weighted by Gasteiger charge is 2.39. The second kappa shape index (κ2) is 6.33. The smallest absolute Gasteiger partial charge is 0.326 e. The van der Waals surface area contributed by atoms with Crippen molar-refractivity contribution in [2.45, 2.75) is 25.5 Å². The number of aliphatic hydroxyl groups is 1. The molecule has 114 valence electrons. The fraction of sp³-hybridized carbons (Fsp3) is 0.385. The second-order valence-corrected chi connectivity index (χ2v) is 6.64. The van der Waals surface area contributed by atoms with Crippen molar-refractivity contribution < 1.29 is 19.8 Å². The largest absolute Gasteiger partial charge is 0.480 e. The molecule has 1 aliphatic heterocycles. The number of urea groups is 1. The zero-order chi connectivity index (χ0) is 15.7. The van der Waals surface area contributed by atoms with Crippen molar-refractivity contribution in [1.29, 1.82) is 0 Å². The first-order valence-corrected chi connectivity index (χ1v) is 7.82. The Labute approximate surface area is 138 Å². The Kier molecular flexibility index (Phi) is 4.90. The number of hydrogen-bond donors (Lipinski definition) is 3. The number of nitrogens with one attached hydrogen (secondary N) is 1. The van der Waals surface area contributed by atoms with Gasteiger partial charge in [0.15, 0.2) is 0 Å². The highest BCUT2D eigenvalue weighted by Crippen LogP contribution is 2.33. The number of aliphatic carboxylic acids is 1. The highest BCUT2D eigenvalue weighted by molar-refractivity contribution is 9.11. The first-order valence-electron chi connectivity index (χ1n) is 6.23. The van der Waals surface area contributed by atoms with Crippen molar-refractivity contribution in [3.8, 4) is 0 Å². The Hall–Kier alpha value is -1.12. The van der Waals surface area contributed by atoms with Gasteiger partial charge in [0.2, 0.25) is 0 Å². The fourth-order valence-corrected chi connectivity index (χ4v) is 3.88. The minimum absolute atomic E-state index is 0.00387. The zero-order valence-corrected chi connectivity index (χ0v) is 14.3. The molecular weight excluding hydrogens is 408 g/mol. The number of nitrogens with zero attached hydrogens (tertiary/aromatic N) is 1. The molecule has 1 aromatic carbocycles. The van der Waals surface area contributed by atoms with Crippen LogP contribution in [0.25, 0.3) is 0 Å². The zero-order valence-electron chi connectivity index (χ0n) is 11.1. The molecule has 2 rings (SSSR count). The standard InChI is InChI=1S/C13H14Br2N2O4/c1-6-2-8(14)11(9(15)3-6)16-13(21)17-5-7(18)4-10(17)12(19)20/h2-3,7,10,18H,4-5H2,1H3,(H,16,21)(H,19,20)/t7-,10-/m1/s1. The molecule has 0 unspecified atom stereocenters. The van der Waals surface area contributed by atoms with Gasteiger partial charge in [-0.05, 0) is 56.5 Å². The lowest BCUT2D eigenvalue weighted by molar-refractivity contribution is -0.141. The summed E-state index contributed by atoms with van der Waals surface area (Å²) < 4.78 is 1.38. The molecule has 1 fully saturated rings. The van der Waals surface area contributed by atoms with Crippen molar-refractivity contribution in [2.24, 2.45) is 0 Å². The van der Waals surface area contributed by atoms with Crippen LogP contribution in [0.1, 0.15) is 12.0 Å². The van der Waals surface area contributed by atoms with E-state index in [2.05, 4.69) is 37.2 Å². The molecule has 1 aromatic rings. The van der Waals surface area contributed by atoms with E-state index in [0.29, 0.717) is 14.6 Å². The number of likely N-dealkylation sites (tertiary alicyclic amines) is 1. The number of carbonyl (C=O) groups is 2.